The first kappa shape index (κ1) is 18.9. The van der Waals surface area contributed by atoms with Gasteiger partial charge >= 0.3 is 0 Å². The smallest absolute Gasteiger partial charge is 0.245 e. The number of aromatic hydroxyl groups is 1. The molecule has 30 heavy (non-hydrogen) atoms. The molecule has 5 heterocycles. The van der Waals surface area contributed by atoms with Crippen LogP contribution < -0.4 is 10.2 Å². The molecule has 0 spiro atoms. The number of piperidine rings is 2. The lowest BCUT2D eigenvalue weighted by Crippen LogP contribution is -2.61. The van der Waals surface area contributed by atoms with Crippen LogP contribution in [0.25, 0.3) is 17.1 Å². The van der Waals surface area contributed by atoms with Crippen LogP contribution >= 0.6 is 0 Å². The molecule has 2 bridgehead atoms. The first-order valence-electron chi connectivity index (χ1n) is 10.1. The molecule has 10 heteroatoms. The highest BCUT2D eigenvalue weighted by Gasteiger charge is 2.42. The van der Waals surface area contributed by atoms with E-state index >= 15 is 0 Å². The third-order valence-electron chi connectivity index (χ3n) is 6.07. The average molecular weight is 410 g/mol. The maximum Gasteiger partial charge on any atom is 0.245 e. The SMILES string of the molecule is CN(c1ncc(-c2cnc(-n3ccnc3)cc2O)nn1)[C@@H]1C[C@H]2CCC[C@H](N2)[C@H]1F. The van der Waals surface area contributed by atoms with E-state index in [9.17, 15) is 9.50 Å². The van der Waals surface area contributed by atoms with Gasteiger partial charge in [-0.05, 0) is 19.3 Å². The van der Waals surface area contributed by atoms with Gasteiger partial charge in [0.15, 0.2) is 0 Å². The van der Waals surface area contributed by atoms with Gasteiger partial charge in [0, 0.05) is 43.8 Å². The van der Waals surface area contributed by atoms with E-state index in [1.165, 1.54) is 18.5 Å². The van der Waals surface area contributed by atoms with Gasteiger partial charge in [0.2, 0.25) is 5.95 Å². The number of alkyl halides is 1. The van der Waals surface area contributed by atoms with Crippen molar-refractivity contribution in [2.24, 2.45) is 0 Å². The number of hydrogen-bond donors (Lipinski definition) is 2. The van der Waals surface area contributed by atoms with Gasteiger partial charge in [-0.25, -0.2) is 19.3 Å². The summed E-state index contributed by atoms with van der Waals surface area (Å²) in [5.41, 5.74) is 0.821. The van der Waals surface area contributed by atoms with E-state index < -0.39 is 6.17 Å². The molecule has 0 aromatic carbocycles. The normalized spacial score (nSPS) is 25.8. The fraction of sp³-hybridized carbons (Fsp3) is 0.450. The fourth-order valence-electron chi connectivity index (χ4n) is 4.42. The van der Waals surface area contributed by atoms with Gasteiger partial charge in [0.05, 0.1) is 17.8 Å². The third kappa shape index (κ3) is 3.36. The molecule has 2 aliphatic heterocycles. The van der Waals surface area contributed by atoms with Crippen molar-refractivity contribution < 1.29 is 9.50 Å². The maximum absolute atomic E-state index is 15.0. The molecule has 2 saturated heterocycles. The van der Waals surface area contributed by atoms with Crippen LogP contribution in [0.15, 0.2) is 37.2 Å². The van der Waals surface area contributed by atoms with Crippen molar-refractivity contribution in [3.05, 3.63) is 37.2 Å². The molecule has 9 nitrogen and oxygen atoms in total. The van der Waals surface area contributed by atoms with Crippen LogP contribution in [0.5, 0.6) is 5.75 Å². The summed E-state index contributed by atoms with van der Waals surface area (Å²) in [6, 6.07) is 1.49. The predicted octanol–water partition coefficient (Wildman–Crippen LogP) is 1.88. The van der Waals surface area contributed by atoms with Crippen LogP contribution in [-0.4, -0.2) is 66.2 Å². The Morgan fingerprint density at radius 3 is 2.87 bits per heavy atom. The zero-order valence-electron chi connectivity index (χ0n) is 16.6. The van der Waals surface area contributed by atoms with Crippen molar-refractivity contribution in [3.8, 4) is 22.8 Å². The minimum Gasteiger partial charge on any atom is -0.507 e. The summed E-state index contributed by atoms with van der Waals surface area (Å²) < 4.78 is 16.7. The van der Waals surface area contributed by atoms with Gasteiger partial charge in [-0.3, -0.25) is 4.57 Å². The summed E-state index contributed by atoms with van der Waals surface area (Å²) in [7, 11) is 1.81. The number of imidazole rings is 1. The van der Waals surface area contributed by atoms with Crippen LogP contribution in [0.1, 0.15) is 25.7 Å². The lowest BCUT2D eigenvalue weighted by molar-refractivity contribution is 0.106. The van der Waals surface area contributed by atoms with E-state index in [0.717, 1.165) is 25.7 Å². The molecule has 2 N–H and O–H groups in total. The molecular weight excluding hydrogens is 387 g/mol. The Labute approximate surface area is 173 Å². The second-order valence-electron chi connectivity index (χ2n) is 7.93. The van der Waals surface area contributed by atoms with Gasteiger partial charge < -0.3 is 15.3 Å². The number of rotatable bonds is 4. The molecule has 3 aromatic heterocycles. The van der Waals surface area contributed by atoms with E-state index in [-0.39, 0.29) is 17.8 Å². The molecular formula is C20H23FN8O. The van der Waals surface area contributed by atoms with Crippen molar-refractivity contribution in [2.45, 2.75) is 50.0 Å². The first-order valence-corrected chi connectivity index (χ1v) is 10.1. The number of halogens is 1. The van der Waals surface area contributed by atoms with Gasteiger partial charge in [-0.2, -0.15) is 0 Å². The van der Waals surface area contributed by atoms with Crippen molar-refractivity contribution in [3.63, 3.8) is 0 Å². The Morgan fingerprint density at radius 1 is 1.23 bits per heavy atom. The quantitative estimate of drug-likeness (QED) is 0.672. The first-order chi connectivity index (χ1) is 14.6. The number of hydrogen-bond acceptors (Lipinski definition) is 8. The summed E-state index contributed by atoms with van der Waals surface area (Å²) in [4.78, 5) is 14.5. The van der Waals surface area contributed by atoms with Crippen molar-refractivity contribution in [2.75, 3.05) is 11.9 Å². The van der Waals surface area contributed by atoms with E-state index in [1.54, 1.807) is 28.2 Å². The fourth-order valence-corrected chi connectivity index (χ4v) is 4.42. The highest BCUT2D eigenvalue weighted by atomic mass is 19.1. The highest BCUT2D eigenvalue weighted by Crippen LogP contribution is 2.32. The Hall–Kier alpha value is -3.14. The summed E-state index contributed by atoms with van der Waals surface area (Å²) in [6.45, 7) is 0. The van der Waals surface area contributed by atoms with Crippen molar-refractivity contribution in [1.82, 2.24) is 35.0 Å². The summed E-state index contributed by atoms with van der Waals surface area (Å²) in [5, 5.41) is 22.2. The van der Waals surface area contributed by atoms with Crippen molar-refractivity contribution >= 4 is 5.95 Å². The van der Waals surface area contributed by atoms with Crippen LogP contribution in [0.4, 0.5) is 10.3 Å². The zero-order chi connectivity index (χ0) is 20.7. The van der Waals surface area contributed by atoms with Gasteiger partial charge in [0.25, 0.3) is 0 Å². The molecule has 2 aliphatic rings. The Kier molecular flexibility index (Phi) is 4.78. The molecule has 0 saturated carbocycles. The molecule has 0 aliphatic carbocycles. The second-order valence-corrected chi connectivity index (χ2v) is 7.93. The number of nitrogens with one attached hydrogen (secondary N) is 1. The lowest BCUT2D eigenvalue weighted by Gasteiger charge is -2.45. The highest BCUT2D eigenvalue weighted by molar-refractivity contribution is 5.66. The zero-order valence-corrected chi connectivity index (χ0v) is 16.6. The molecule has 156 valence electrons. The molecule has 0 amide bonds. The Bertz CT molecular complexity index is 1010. The second kappa shape index (κ2) is 7.60. The largest absolute Gasteiger partial charge is 0.507 e. The monoisotopic (exact) mass is 410 g/mol. The minimum atomic E-state index is -0.973. The molecule has 4 atom stereocenters. The molecule has 3 aromatic rings. The third-order valence-corrected chi connectivity index (χ3v) is 6.07. The minimum absolute atomic E-state index is 0.0147. The van der Waals surface area contributed by atoms with Gasteiger partial charge in [-0.15, -0.1) is 10.2 Å². The molecule has 2 fully saturated rings. The topological polar surface area (TPSA) is 105 Å². The number of pyridine rings is 1. The Morgan fingerprint density at radius 2 is 2.13 bits per heavy atom. The van der Waals surface area contributed by atoms with E-state index in [4.69, 9.17) is 0 Å². The van der Waals surface area contributed by atoms with E-state index in [0.29, 0.717) is 29.1 Å². The van der Waals surface area contributed by atoms with Crippen LogP contribution in [0.3, 0.4) is 0 Å². The lowest BCUT2D eigenvalue weighted by atomic mass is 9.82. The van der Waals surface area contributed by atoms with Gasteiger partial charge in [0.1, 0.15) is 29.8 Å². The molecule has 0 unspecified atom stereocenters. The number of nitrogens with zero attached hydrogens (tertiary/aromatic N) is 7. The van der Waals surface area contributed by atoms with Crippen LogP contribution in [0.2, 0.25) is 0 Å². The summed E-state index contributed by atoms with van der Waals surface area (Å²) in [5.74, 6) is 0.922. The van der Waals surface area contributed by atoms with Crippen LogP contribution in [0, 0.1) is 0 Å². The van der Waals surface area contributed by atoms with E-state index in [2.05, 4.69) is 30.5 Å². The molecule has 5 rings (SSSR count). The van der Waals surface area contributed by atoms with Crippen molar-refractivity contribution in [1.29, 1.82) is 0 Å². The number of anilines is 1. The average Bonchev–Trinajstić information content (AvgIpc) is 3.31. The summed E-state index contributed by atoms with van der Waals surface area (Å²) >= 11 is 0. The molecule has 0 radical (unpaired) electrons. The van der Waals surface area contributed by atoms with E-state index in [1.807, 2.05) is 7.05 Å². The summed E-state index contributed by atoms with van der Waals surface area (Å²) in [6.07, 6.45) is 10.8. The standard InChI is InChI=1S/C20H23FN8O/c1-28(16-7-12-3-2-4-14(25-12)19(16)21)20-24-10-15(26-27-20)13-9-23-18(8-17(13)30)29-6-5-22-11-29/h5-6,8-12,14,16,19,25H,2-4,7H2,1H3,(H,23,30)/t12-,14+,16-,19-/m1/s1. The van der Waals surface area contributed by atoms with Crippen LogP contribution in [-0.2, 0) is 0 Å². The predicted molar refractivity (Wildman–Crippen MR) is 108 cm³/mol. The number of aromatic nitrogens is 6. The number of fused-ring (bicyclic) bond motifs is 2. The van der Waals surface area contributed by atoms with Gasteiger partial charge in [-0.1, -0.05) is 6.42 Å². The Balaban J connectivity index is 1.35. The maximum atomic E-state index is 15.0.